The summed E-state index contributed by atoms with van der Waals surface area (Å²) in [5.74, 6) is 0. The molecule has 0 saturated carbocycles. The molecule has 6 nitrogen and oxygen atoms in total. The summed E-state index contributed by atoms with van der Waals surface area (Å²) in [5.41, 5.74) is 0.815. The van der Waals surface area contributed by atoms with E-state index < -0.39 is 26.2 Å². The van der Waals surface area contributed by atoms with Crippen LogP contribution < -0.4 is 4.72 Å². The molecule has 1 aliphatic heterocycles. The van der Waals surface area contributed by atoms with Gasteiger partial charge in [0, 0.05) is 0 Å². The second-order valence-electron chi connectivity index (χ2n) is 5.73. The molecule has 2 aromatic rings. The Hall–Kier alpha value is -1.51. The van der Waals surface area contributed by atoms with Crippen LogP contribution in [-0.2, 0) is 24.8 Å². The van der Waals surface area contributed by atoms with E-state index in [2.05, 4.69) is 13.9 Å². The van der Waals surface area contributed by atoms with Gasteiger partial charge in [0.15, 0.2) is 5.54 Å². The molecule has 0 atom stereocenters. The van der Waals surface area contributed by atoms with Crippen LogP contribution in [-0.4, -0.2) is 31.4 Å². The van der Waals surface area contributed by atoms with Crippen LogP contribution >= 0.6 is 34.8 Å². The molecule has 1 heterocycles. The van der Waals surface area contributed by atoms with Crippen molar-refractivity contribution in [1.82, 2.24) is 4.72 Å². The molecule has 0 unspecified atom stereocenters. The highest BCUT2D eigenvalue weighted by Gasteiger charge is 2.41. The van der Waals surface area contributed by atoms with Crippen LogP contribution in [0.3, 0.4) is 0 Å². The highest BCUT2D eigenvalue weighted by Crippen LogP contribution is 2.37. The van der Waals surface area contributed by atoms with Gasteiger partial charge in [-0.3, -0.25) is 0 Å². The van der Waals surface area contributed by atoms with Gasteiger partial charge in [-0.1, -0.05) is 95.5 Å². The van der Waals surface area contributed by atoms with Crippen molar-refractivity contribution in [3.05, 3.63) is 71.8 Å². The summed E-state index contributed by atoms with van der Waals surface area (Å²) in [6, 6.07) is 18.7. The zero-order valence-corrected chi connectivity index (χ0v) is 16.9. The molecule has 10 heteroatoms. The van der Waals surface area contributed by atoms with E-state index in [1.165, 1.54) is 0 Å². The molecule has 0 aromatic heterocycles. The summed E-state index contributed by atoms with van der Waals surface area (Å²) < 4.78 is 34.5. The van der Waals surface area contributed by atoms with Gasteiger partial charge in [0.05, 0.1) is 0 Å². The molecule has 1 N–H and O–H groups in total. The molecule has 2 aromatic carbocycles. The fourth-order valence-corrected chi connectivity index (χ4v) is 3.70. The van der Waals surface area contributed by atoms with E-state index in [0.717, 1.165) is 11.1 Å². The third kappa shape index (κ3) is 5.06. The van der Waals surface area contributed by atoms with Crippen LogP contribution in [0.1, 0.15) is 11.1 Å². The summed E-state index contributed by atoms with van der Waals surface area (Å²) >= 11 is 16.5. The lowest BCUT2D eigenvalue weighted by molar-refractivity contribution is 0.272. The number of halogens is 3. The first-order valence-electron chi connectivity index (χ1n) is 7.78. The Labute approximate surface area is 172 Å². The van der Waals surface area contributed by atoms with E-state index in [-0.39, 0.29) is 12.6 Å². The average Bonchev–Trinajstić information content (AvgIpc) is 3.05. The highest BCUT2D eigenvalue weighted by molar-refractivity contribution is 7.85. The minimum atomic E-state index is -4.27. The van der Waals surface area contributed by atoms with Crippen molar-refractivity contribution < 1.29 is 17.3 Å². The first-order chi connectivity index (χ1) is 12.7. The number of hydrogen-bond acceptors (Lipinski definition) is 5. The van der Waals surface area contributed by atoms with Crippen LogP contribution in [0, 0.1) is 0 Å². The van der Waals surface area contributed by atoms with E-state index in [4.69, 9.17) is 39.5 Å². The van der Waals surface area contributed by atoms with Crippen molar-refractivity contribution in [3.8, 4) is 0 Å². The molecule has 0 radical (unpaired) electrons. The fourth-order valence-electron chi connectivity index (χ4n) is 2.63. The van der Waals surface area contributed by atoms with Gasteiger partial charge < -0.3 is 4.74 Å². The molecule has 0 amide bonds. The van der Waals surface area contributed by atoms with Gasteiger partial charge in [-0.25, -0.2) is 13.9 Å². The first kappa shape index (κ1) is 20.2. The second kappa shape index (κ2) is 7.85. The van der Waals surface area contributed by atoms with Crippen molar-refractivity contribution in [1.29, 1.82) is 0 Å². The number of nitrogens with zero attached hydrogens (tertiary/aromatic N) is 1. The second-order valence-corrected chi connectivity index (χ2v) is 9.60. The third-order valence-electron chi connectivity index (χ3n) is 3.80. The summed E-state index contributed by atoms with van der Waals surface area (Å²) in [4.78, 5) is 4.51. The average molecular weight is 450 g/mol. The van der Waals surface area contributed by atoms with E-state index in [0.29, 0.717) is 0 Å². The highest BCUT2D eigenvalue weighted by atomic mass is 35.6. The van der Waals surface area contributed by atoms with Crippen molar-refractivity contribution in [3.63, 3.8) is 0 Å². The summed E-state index contributed by atoms with van der Waals surface area (Å²) in [5, 5.41) is 0. The smallest absolute Gasteiger partial charge is 0.363 e. The molecule has 0 fully saturated rings. The van der Waals surface area contributed by atoms with Crippen molar-refractivity contribution in [2.75, 3.05) is 13.2 Å². The van der Waals surface area contributed by atoms with Crippen LogP contribution in [0.2, 0.25) is 0 Å². The van der Waals surface area contributed by atoms with E-state index in [1.54, 1.807) is 0 Å². The predicted molar refractivity (Wildman–Crippen MR) is 105 cm³/mol. The molecule has 0 bridgehead atoms. The Balaban J connectivity index is 1.91. The molecule has 1 aliphatic rings. The Morgan fingerprint density at radius 1 is 1.04 bits per heavy atom. The zero-order chi connectivity index (χ0) is 19.5. The fraction of sp³-hybridized carbons (Fsp3) is 0.235. The lowest BCUT2D eigenvalue weighted by Crippen LogP contribution is -2.34. The number of amidine groups is 1. The molecule has 0 aliphatic carbocycles. The van der Waals surface area contributed by atoms with E-state index >= 15 is 0 Å². The quantitative estimate of drug-likeness (QED) is 0.708. The third-order valence-corrected chi connectivity index (χ3v) is 4.98. The number of ether oxygens (including phenoxy) is 1. The van der Waals surface area contributed by atoms with Gasteiger partial charge in [0.1, 0.15) is 13.2 Å². The number of nitrogens with one attached hydrogen (secondary N) is 1. The number of rotatable bonds is 5. The summed E-state index contributed by atoms with van der Waals surface area (Å²) in [6.07, 6.45) is 0. The van der Waals surface area contributed by atoms with Crippen molar-refractivity contribution in [2.45, 2.75) is 9.33 Å². The van der Waals surface area contributed by atoms with Crippen LogP contribution in [0.25, 0.3) is 0 Å². The first-order valence-corrected chi connectivity index (χ1v) is 10.3. The topological polar surface area (TPSA) is 77.0 Å². The largest absolute Gasteiger partial charge is 0.461 e. The van der Waals surface area contributed by atoms with E-state index in [9.17, 15) is 8.42 Å². The normalized spacial score (nSPS) is 16.5. The van der Waals surface area contributed by atoms with Gasteiger partial charge in [-0.2, -0.15) is 8.42 Å². The standard InChI is InChI=1S/C17H15Cl3N2O4S/c18-17(19,20)12-26-27(23,24)22-15-21-16(11-25-15,13-7-3-1-4-8-13)14-9-5-2-6-10-14/h1-10H,11-12H2,(H,21,22). The maximum atomic E-state index is 12.0. The molecule has 0 spiro atoms. The van der Waals surface area contributed by atoms with Gasteiger partial charge in [-0.05, 0) is 11.1 Å². The van der Waals surface area contributed by atoms with Crippen LogP contribution in [0.5, 0.6) is 0 Å². The van der Waals surface area contributed by atoms with Crippen LogP contribution in [0.15, 0.2) is 65.7 Å². The maximum Gasteiger partial charge on any atom is 0.363 e. The number of aliphatic imine (C=N–C) groups is 1. The van der Waals surface area contributed by atoms with Gasteiger partial charge in [-0.15, -0.1) is 0 Å². The minimum absolute atomic E-state index is 0.114. The number of alkyl halides is 3. The molecular weight excluding hydrogens is 435 g/mol. The van der Waals surface area contributed by atoms with Crippen LogP contribution in [0.4, 0.5) is 0 Å². The Kier molecular flexibility index (Phi) is 5.88. The molecule has 144 valence electrons. The van der Waals surface area contributed by atoms with Gasteiger partial charge in [0.25, 0.3) is 0 Å². The Morgan fingerprint density at radius 3 is 2.04 bits per heavy atom. The maximum absolute atomic E-state index is 12.0. The zero-order valence-electron chi connectivity index (χ0n) is 13.8. The molecular formula is C17H15Cl3N2O4S. The molecule has 0 saturated heterocycles. The lowest BCUT2D eigenvalue weighted by Gasteiger charge is -2.25. The van der Waals surface area contributed by atoms with Gasteiger partial charge in [0.2, 0.25) is 3.79 Å². The van der Waals surface area contributed by atoms with Gasteiger partial charge >= 0.3 is 16.3 Å². The number of benzene rings is 2. The molecule has 27 heavy (non-hydrogen) atoms. The molecule has 3 rings (SSSR count). The lowest BCUT2D eigenvalue weighted by atomic mass is 9.84. The number of hydrogen-bond donors (Lipinski definition) is 1. The summed E-state index contributed by atoms with van der Waals surface area (Å²) in [6.45, 7) is -0.536. The SMILES string of the molecule is O=S(=O)(NC1=NC(c2ccccc2)(c2ccccc2)CO1)OCC(Cl)(Cl)Cl. The van der Waals surface area contributed by atoms with Crippen molar-refractivity contribution in [2.24, 2.45) is 4.99 Å². The Bertz CT molecular complexity index is 877. The predicted octanol–water partition coefficient (Wildman–Crippen LogP) is 3.54. The minimum Gasteiger partial charge on any atom is -0.461 e. The monoisotopic (exact) mass is 448 g/mol. The Morgan fingerprint density at radius 2 is 1.56 bits per heavy atom. The van der Waals surface area contributed by atoms with Crippen molar-refractivity contribution >= 4 is 51.1 Å². The summed E-state index contributed by atoms with van der Waals surface area (Å²) in [7, 11) is -4.27. The van der Waals surface area contributed by atoms with E-state index in [1.807, 2.05) is 60.7 Å².